The second-order valence-corrected chi connectivity index (χ2v) is 8.43. The summed E-state index contributed by atoms with van der Waals surface area (Å²) in [6.45, 7) is 2.95. The van der Waals surface area contributed by atoms with Gasteiger partial charge in [0.2, 0.25) is 5.91 Å². The van der Waals surface area contributed by atoms with Crippen LogP contribution >= 0.6 is 0 Å². The molecule has 2 fully saturated rings. The van der Waals surface area contributed by atoms with Gasteiger partial charge in [0.15, 0.2) is 0 Å². The van der Waals surface area contributed by atoms with Gasteiger partial charge in [0.25, 0.3) is 10.2 Å². The van der Waals surface area contributed by atoms with Crippen molar-refractivity contribution >= 4 is 16.1 Å². The van der Waals surface area contributed by atoms with E-state index in [1.807, 2.05) is 6.92 Å². The van der Waals surface area contributed by atoms with Gasteiger partial charge in [0.1, 0.15) is 6.04 Å². The van der Waals surface area contributed by atoms with Crippen LogP contribution in [0.15, 0.2) is 6.20 Å². The van der Waals surface area contributed by atoms with Crippen LogP contribution in [0.25, 0.3) is 0 Å². The molecule has 2 aliphatic heterocycles. The Morgan fingerprint density at radius 2 is 2.24 bits per heavy atom. The lowest BCUT2D eigenvalue weighted by molar-refractivity contribution is -0.125. The number of likely N-dealkylation sites (N-methyl/N-ethyl adjacent to an activating group) is 1. The maximum absolute atomic E-state index is 12.6. The van der Waals surface area contributed by atoms with E-state index in [9.17, 15) is 13.2 Å². The average Bonchev–Trinajstić information content (AvgIpc) is 3.16. The summed E-state index contributed by atoms with van der Waals surface area (Å²) in [5.74, 6) is -0.297. The molecule has 0 aromatic carbocycles. The lowest BCUT2D eigenvalue weighted by Crippen LogP contribution is -2.57. The van der Waals surface area contributed by atoms with Crippen molar-refractivity contribution in [2.75, 3.05) is 20.2 Å². The predicted octanol–water partition coefficient (Wildman–Crippen LogP) is -0.397. The minimum Gasteiger partial charge on any atom is -0.376 e. The molecule has 2 aliphatic rings. The summed E-state index contributed by atoms with van der Waals surface area (Å²) in [6.07, 6.45) is 4.06. The van der Waals surface area contributed by atoms with Crippen LogP contribution in [0.2, 0.25) is 0 Å². The van der Waals surface area contributed by atoms with Crippen molar-refractivity contribution in [1.82, 2.24) is 24.1 Å². The summed E-state index contributed by atoms with van der Waals surface area (Å²) in [4.78, 5) is 12.6. The molecule has 0 saturated carbocycles. The SMILES string of the molecule is Cc1nn(C)cc1[C@H]1C[C@@H](C(=O)NC[C@@H]2CCCO2)N(C)S(=O)(=O)N1. The normalized spacial score (nSPS) is 29.6. The number of nitrogens with one attached hydrogen (secondary N) is 2. The Bertz CT molecular complexity index is 741. The molecule has 140 valence electrons. The van der Waals surface area contributed by atoms with Gasteiger partial charge in [0, 0.05) is 39.0 Å². The summed E-state index contributed by atoms with van der Waals surface area (Å²) < 4.78 is 35.8. The van der Waals surface area contributed by atoms with E-state index in [1.165, 1.54) is 7.05 Å². The van der Waals surface area contributed by atoms with Crippen LogP contribution < -0.4 is 10.0 Å². The van der Waals surface area contributed by atoms with Gasteiger partial charge in [-0.05, 0) is 26.2 Å². The van der Waals surface area contributed by atoms with Gasteiger partial charge in [-0.2, -0.15) is 22.5 Å². The summed E-state index contributed by atoms with van der Waals surface area (Å²) >= 11 is 0. The monoisotopic (exact) mass is 371 g/mol. The highest BCUT2D eigenvalue weighted by Crippen LogP contribution is 2.29. The number of amides is 1. The van der Waals surface area contributed by atoms with Crippen LogP contribution in [0, 0.1) is 6.92 Å². The number of hydrogen-bond acceptors (Lipinski definition) is 5. The quantitative estimate of drug-likeness (QED) is 0.749. The topological polar surface area (TPSA) is 106 Å². The van der Waals surface area contributed by atoms with Crippen molar-refractivity contribution in [3.63, 3.8) is 0 Å². The van der Waals surface area contributed by atoms with Crippen LogP contribution in [0.4, 0.5) is 0 Å². The van der Waals surface area contributed by atoms with Gasteiger partial charge in [-0.1, -0.05) is 0 Å². The fourth-order valence-electron chi connectivity index (χ4n) is 3.41. The third kappa shape index (κ3) is 3.86. The number of rotatable bonds is 4. The number of hydrogen-bond donors (Lipinski definition) is 2. The number of carbonyl (C=O) groups excluding carboxylic acids is 1. The Kier molecular flexibility index (Phi) is 5.14. The van der Waals surface area contributed by atoms with Crippen molar-refractivity contribution in [3.05, 3.63) is 17.5 Å². The van der Waals surface area contributed by atoms with Gasteiger partial charge in [-0.25, -0.2) is 0 Å². The third-order valence-corrected chi connectivity index (χ3v) is 6.42. The zero-order chi connectivity index (χ0) is 18.2. The molecule has 3 heterocycles. The van der Waals surface area contributed by atoms with Crippen molar-refractivity contribution in [3.8, 4) is 0 Å². The van der Waals surface area contributed by atoms with E-state index in [-0.39, 0.29) is 12.0 Å². The highest BCUT2D eigenvalue weighted by molar-refractivity contribution is 7.87. The van der Waals surface area contributed by atoms with Crippen LogP contribution in [-0.2, 0) is 26.8 Å². The van der Waals surface area contributed by atoms with Crippen molar-refractivity contribution in [1.29, 1.82) is 0 Å². The molecule has 1 aromatic heterocycles. The molecule has 2 N–H and O–H groups in total. The van der Waals surface area contributed by atoms with Gasteiger partial charge >= 0.3 is 0 Å². The molecule has 0 bridgehead atoms. The molecule has 25 heavy (non-hydrogen) atoms. The van der Waals surface area contributed by atoms with E-state index >= 15 is 0 Å². The Hall–Kier alpha value is -1.49. The van der Waals surface area contributed by atoms with E-state index in [4.69, 9.17) is 4.74 Å². The van der Waals surface area contributed by atoms with E-state index in [0.29, 0.717) is 19.6 Å². The Labute approximate surface area is 147 Å². The minimum absolute atomic E-state index is 0.0175. The number of aryl methyl sites for hydroxylation is 2. The van der Waals surface area contributed by atoms with E-state index in [2.05, 4.69) is 15.1 Å². The minimum atomic E-state index is -3.74. The van der Waals surface area contributed by atoms with Crippen molar-refractivity contribution < 1.29 is 17.9 Å². The number of aromatic nitrogens is 2. The predicted molar refractivity (Wildman–Crippen MR) is 90.9 cm³/mol. The molecule has 10 heteroatoms. The molecule has 2 saturated heterocycles. The molecule has 1 aromatic rings. The second kappa shape index (κ2) is 7.02. The molecule has 1 amide bonds. The fourth-order valence-corrected chi connectivity index (χ4v) is 4.68. The first-order chi connectivity index (χ1) is 11.8. The van der Waals surface area contributed by atoms with Crippen molar-refractivity contribution in [2.24, 2.45) is 7.05 Å². The Morgan fingerprint density at radius 3 is 2.84 bits per heavy atom. The van der Waals surface area contributed by atoms with Crippen LogP contribution in [0.3, 0.4) is 0 Å². The van der Waals surface area contributed by atoms with E-state index in [0.717, 1.165) is 28.4 Å². The van der Waals surface area contributed by atoms with E-state index in [1.54, 1.807) is 17.9 Å². The van der Waals surface area contributed by atoms with Gasteiger partial charge in [-0.15, -0.1) is 0 Å². The standard InChI is InChI=1S/C15H25N5O4S/c1-10-12(9-19(2)17-10)13-7-14(20(3)25(22,23)18-13)15(21)16-8-11-5-4-6-24-11/h9,11,13-14,18H,4-8H2,1-3H3,(H,16,21)/t11-,13+,14-/m0/s1. The summed E-state index contributed by atoms with van der Waals surface area (Å²) in [5, 5.41) is 7.10. The smallest absolute Gasteiger partial charge is 0.280 e. The van der Waals surface area contributed by atoms with Crippen LogP contribution in [0.5, 0.6) is 0 Å². The van der Waals surface area contributed by atoms with Crippen molar-refractivity contribution in [2.45, 2.75) is 44.4 Å². The Balaban J connectivity index is 1.74. The summed E-state index contributed by atoms with van der Waals surface area (Å²) in [6, 6.07) is -1.24. The molecule has 9 nitrogen and oxygen atoms in total. The van der Waals surface area contributed by atoms with Gasteiger partial charge in [-0.3, -0.25) is 9.48 Å². The van der Waals surface area contributed by atoms with Gasteiger partial charge < -0.3 is 10.1 Å². The van der Waals surface area contributed by atoms with E-state index < -0.39 is 22.3 Å². The Morgan fingerprint density at radius 1 is 1.48 bits per heavy atom. The summed E-state index contributed by atoms with van der Waals surface area (Å²) in [7, 11) is -0.539. The number of nitrogens with zero attached hydrogens (tertiary/aromatic N) is 3. The molecule has 3 atom stereocenters. The molecule has 0 radical (unpaired) electrons. The zero-order valence-corrected chi connectivity index (χ0v) is 15.5. The lowest BCUT2D eigenvalue weighted by atomic mass is 10.00. The zero-order valence-electron chi connectivity index (χ0n) is 14.7. The first-order valence-corrected chi connectivity index (χ1v) is 9.86. The van der Waals surface area contributed by atoms with Crippen LogP contribution in [-0.4, -0.2) is 60.8 Å². The molecular weight excluding hydrogens is 346 g/mol. The average molecular weight is 371 g/mol. The number of ether oxygens (including phenoxy) is 1. The number of carbonyl (C=O) groups is 1. The van der Waals surface area contributed by atoms with Crippen LogP contribution in [0.1, 0.15) is 36.6 Å². The highest BCUT2D eigenvalue weighted by atomic mass is 32.2. The highest BCUT2D eigenvalue weighted by Gasteiger charge is 2.41. The lowest BCUT2D eigenvalue weighted by Gasteiger charge is -2.36. The van der Waals surface area contributed by atoms with Gasteiger partial charge in [0.05, 0.1) is 17.8 Å². The molecule has 0 unspecified atom stereocenters. The molecule has 3 rings (SSSR count). The third-order valence-electron chi connectivity index (χ3n) is 4.83. The largest absolute Gasteiger partial charge is 0.376 e. The molecule has 0 aliphatic carbocycles. The summed E-state index contributed by atoms with van der Waals surface area (Å²) in [5.41, 5.74) is 1.54. The maximum Gasteiger partial charge on any atom is 0.280 e. The first-order valence-electron chi connectivity index (χ1n) is 8.42. The maximum atomic E-state index is 12.6. The molecule has 0 spiro atoms. The first kappa shape index (κ1) is 18.3. The fraction of sp³-hybridized carbons (Fsp3) is 0.733. The molecular formula is C15H25N5O4S. The second-order valence-electron chi connectivity index (χ2n) is 6.67.